The first kappa shape index (κ1) is 11.8. The highest BCUT2D eigenvalue weighted by atomic mass is 14.6. The maximum atomic E-state index is 8.11. The minimum atomic E-state index is -0.152. The average molecular weight is 204 g/mol. The molecule has 1 aromatic rings. The van der Waals surface area contributed by atoms with E-state index in [-0.39, 0.29) is 5.41 Å². The standard InChI is InChI=1S/C13H20N2/c1-5-9-6-7-11(14)10(8-9)12(15)13(2,3)4/h6-8,15H,5,14H2,1-4H3. The Morgan fingerprint density at radius 2 is 1.93 bits per heavy atom. The molecule has 0 fully saturated rings. The molecule has 0 bridgehead atoms. The third-order valence-electron chi connectivity index (χ3n) is 2.55. The summed E-state index contributed by atoms with van der Waals surface area (Å²) in [5.41, 5.74) is 9.16. The molecule has 0 atom stereocenters. The first-order valence-corrected chi connectivity index (χ1v) is 5.34. The van der Waals surface area contributed by atoms with Crippen LogP contribution in [-0.4, -0.2) is 5.71 Å². The molecule has 0 saturated heterocycles. The van der Waals surface area contributed by atoms with E-state index in [2.05, 4.69) is 6.92 Å². The van der Waals surface area contributed by atoms with Crippen molar-refractivity contribution in [1.82, 2.24) is 0 Å². The Morgan fingerprint density at radius 1 is 1.33 bits per heavy atom. The average Bonchev–Trinajstić information content (AvgIpc) is 2.16. The van der Waals surface area contributed by atoms with E-state index < -0.39 is 0 Å². The summed E-state index contributed by atoms with van der Waals surface area (Å²) in [5.74, 6) is 0. The van der Waals surface area contributed by atoms with Gasteiger partial charge in [0.1, 0.15) is 0 Å². The number of hydrogen-bond donors (Lipinski definition) is 2. The highest BCUT2D eigenvalue weighted by Gasteiger charge is 2.20. The first-order chi connectivity index (χ1) is 6.86. The van der Waals surface area contributed by atoms with Gasteiger partial charge in [-0.3, -0.25) is 0 Å². The predicted molar refractivity (Wildman–Crippen MR) is 66.5 cm³/mol. The molecule has 1 aromatic carbocycles. The molecule has 0 aliphatic heterocycles. The van der Waals surface area contributed by atoms with Crippen LogP contribution in [0.2, 0.25) is 0 Å². The second kappa shape index (κ2) is 4.05. The summed E-state index contributed by atoms with van der Waals surface area (Å²) in [6, 6.07) is 5.95. The van der Waals surface area contributed by atoms with Gasteiger partial charge in [-0.1, -0.05) is 33.8 Å². The van der Waals surface area contributed by atoms with E-state index >= 15 is 0 Å². The van der Waals surface area contributed by atoms with Gasteiger partial charge in [0.2, 0.25) is 0 Å². The van der Waals surface area contributed by atoms with E-state index in [1.165, 1.54) is 5.56 Å². The van der Waals surface area contributed by atoms with Gasteiger partial charge in [-0.25, -0.2) is 0 Å². The van der Waals surface area contributed by atoms with Gasteiger partial charge in [0.05, 0.1) is 0 Å². The van der Waals surface area contributed by atoms with Crippen LogP contribution < -0.4 is 5.73 Å². The maximum Gasteiger partial charge on any atom is 0.0460 e. The van der Waals surface area contributed by atoms with Gasteiger partial charge in [0, 0.05) is 22.4 Å². The predicted octanol–water partition coefficient (Wildman–Crippen LogP) is 3.25. The zero-order chi connectivity index (χ0) is 11.6. The monoisotopic (exact) mass is 204 g/mol. The van der Waals surface area contributed by atoms with E-state index in [9.17, 15) is 0 Å². The largest absolute Gasteiger partial charge is 0.398 e. The van der Waals surface area contributed by atoms with Crippen LogP contribution in [0.5, 0.6) is 0 Å². The second-order valence-electron chi connectivity index (χ2n) is 4.90. The zero-order valence-electron chi connectivity index (χ0n) is 10.0. The Kier molecular flexibility index (Phi) is 3.18. The molecule has 15 heavy (non-hydrogen) atoms. The molecule has 0 unspecified atom stereocenters. The van der Waals surface area contributed by atoms with Gasteiger partial charge in [-0.15, -0.1) is 0 Å². The third kappa shape index (κ3) is 2.58. The molecule has 0 aliphatic rings. The van der Waals surface area contributed by atoms with Crippen molar-refractivity contribution in [2.75, 3.05) is 5.73 Å². The summed E-state index contributed by atoms with van der Waals surface area (Å²) < 4.78 is 0. The lowest BCUT2D eigenvalue weighted by Gasteiger charge is -2.21. The quantitative estimate of drug-likeness (QED) is 0.564. The number of hydrogen-bond acceptors (Lipinski definition) is 2. The molecule has 0 aliphatic carbocycles. The summed E-state index contributed by atoms with van der Waals surface area (Å²) in [5, 5.41) is 8.11. The van der Waals surface area contributed by atoms with Gasteiger partial charge >= 0.3 is 0 Å². The van der Waals surface area contributed by atoms with E-state index in [1.807, 2.05) is 39.0 Å². The number of benzene rings is 1. The van der Waals surface area contributed by atoms with E-state index in [4.69, 9.17) is 11.1 Å². The molecule has 2 heteroatoms. The lowest BCUT2D eigenvalue weighted by Crippen LogP contribution is -2.21. The van der Waals surface area contributed by atoms with E-state index in [0.717, 1.165) is 12.0 Å². The summed E-state index contributed by atoms with van der Waals surface area (Å²) in [6.07, 6.45) is 0.977. The van der Waals surface area contributed by atoms with Crippen LogP contribution >= 0.6 is 0 Å². The lowest BCUT2D eigenvalue weighted by atomic mass is 9.84. The van der Waals surface area contributed by atoms with Crippen molar-refractivity contribution in [3.05, 3.63) is 29.3 Å². The van der Waals surface area contributed by atoms with E-state index in [1.54, 1.807) is 0 Å². The molecule has 0 radical (unpaired) electrons. The highest BCUT2D eigenvalue weighted by Crippen LogP contribution is 2.25. The van der Waals surface area contributed by atoms with Crippen molar-refractivity contribution < 1.29 is 0 Å². The fourth-order valence-electron chi connectivity index (χ4n) is 1.44. The maximum absolute atomic E-state index is 8.11. The molecule has 0 amide bonds. The SMILES string of the molecule is CCc1ccc(N)c(C(=N)C(C)(C)C)c1. The Bertz CT molecular complexity index is 373. The van der Waals surface area contributed by atoms with Crippen LogP contribution in [-0.2, 0) is 6.42 Å². The Balaban J connectivity index is 3.19. The fraction of sp³-hybridized carbons (Fsp3) is 0.462. The molecule has 1 rings (SSSR count). The van der Waals surface area contributed by atoms with Crippen molar-refractivity contribution in [3.63, 3.8) is 0 Å². The van der Waals surface area contributed by atoms with Crippen molar-refractivity contribution in [2.24, 2.45) is 5.41 Å². The van der Waals surface area contributed by atoms with Gasteiger partial charge in [0.25, 0.3) is 0 Å². The Hall–Kier alpha value is -1.31. The zero-order valence-corrected chi connectivity index (χ0v) is 10.0. The fourth-order valence-corrected chi connectivity index (χ4v) is 1.44. The van der Waals surface area contributed by atoms with Crippen LogP contribution in [0, 0.1) is 10.8 Å². The molecular formula is C13H20N2. The number of rotatable bonds is 2. The molecule has 0 heterocycles. The summed E-state index contributed by atoms with van der Waals surface area (Å²) in [4.78, 5) is 0. The normalized spacial score (nSPS) is 11.5. The summed E-state index contributed by atoms with van der Waals surface area (Å²) in [7, 11) is 0. The van der Waals surface area contributed by atoms with Crippen molar-refractivity contribution in [3.8, 4) is 0 Å². The molecule has 0 spiro atoms. The van der Waals surface area contributed by atoms with Gasteiger partial charge < -0.3 is 11.1 Å². The number of anilines is 1. The van der Waals surface area contributed by atoms with Crippen molar-refractivity contribution >= 4 is 11.4 Å². The lowest BCUT2D eigenvalue weighted by molar-refractivity contribution is 0.588. The number of aryl methyl sites for hydroxylation is 1. The smallest absolute Gasteiger partial charge is 0.0460 e. The Morgan fingerprint density at radius 3 is 2.40 bits per heavy atom. The molecule has 82 valence electrons. The second-order valence-corrected chi connectivity index (χ2v) is 4.90. The topological polar surface area (TPSA) is 49.9 Å². The van der Waals surface area contributed by atoms with Gasteiger partial charge in [0.15, 0.2) is 0 Å². The highest BCUT2D eigenvalue weighted by molar-refractivity contribution is 6.05. The van der Waals surface area contributed by atoms with Crippen LogP contribution in [0.25, 0.3) is 0 Å². The van der Waals surface area contributed by atoms with Crippen molar-refractivity contribution in [1.29, 1.82) is 5.41 Å². The minimum absolute atomic E-state index is 0.152. The minimum Gasteiger partial charge on any atom is -0.398 e. The number of nitrogens with one attached hydrogen (secondary N) is 1. The van der Waals surface area contributed by atoms with Crippen molar-refractivity contribution in [2.45, 2.75) is 34.1 Å². The third-order valence-corrected chi connectivity index (χ3v) is 2.55. The molecular weight excluding hydrogens is 184 g/mol. The van der Waals surface area contributed by atoms with Crippen LogP contribution in [0.15, 0.2) is 18.2 Å². The number of nitrogen functional groups attached to an aromatic ring is 1. The summed E-state index contributed by atoms with van der Waals surface area (Å²) >= 11 is 0. The van der Waals surface area contributed by atoms with Gasteiger partial charge in [-0.05, 0) is 24.1 Å². The summed E-state index contributed by atoms with van der Waals surface area (Å²) in [6.45, 7) is 8.21. The molecule has 0 saturated carbocycles. The van der Waals surface area contributed by atoms with Gasteiger partial charge in [-0.2, -0.15) is 0 Å². The molecule has 3 N–H and O–H groups in total. The van der Waals surface area contributed by atoms with Crippen LogP contribution in [0.4, 0.5) is 5.69 Å². The number of nitrogens with two attached hydrogens (primary N) is 1. The van der Waals surface area contributed by atoms with Crippen LogP contribution in [0.3, 0.4) is 0 Å². The first-order valence-electron chi connectivity index (χ1n) is 5.34. The van der Waals surface area contributed by atoms with Crippen LogP contribution in [0.1, 0.15) is 38.8 Å². The molecule has 2 nitrogen and oxygen atoms in total. The van der Waals surface area contributed by atoms with E-state index in [0.29, 0.717) is 11.4 Å². The Labute approximate surface area is 92.0 Å². The molecule has 0 aromatic heterocycles.